The first-order valence-electron chi connectivity index (χ1n) is 9.82. The fourth-order valence-electron chi connectivity index (χ4n) is 3.32. The molecule has 0 saturated heterocycles. The zero-order chi connectivity index (χ0) is 23.8. The van der Waals surface area contributed by atoms with Gasteiger partial charge in [-0.3, -0.25) is 14.3 Å². The number of sulfonamides is 1. The Hall–Kier alpha value is -3.69. The molecule has 1 heterocycles. The largest absolute Gasteiger partial charge is 0.320 e. The summed E-state index contributed by atoms with van der Waals surface area (Å²) in [6, 6.07) is 17.4. The topological polar surface area (TPSA) is 110 Å². The van der Waals surface area contributed by atoms with Crippen LogP contribution in [-0.4, -0.2) is 24.1 Å². The van der Waals surface area contributed by atoms with E-state index < -0.39 is 15.9 Å². The van der Waals surface area contributed by atoms with Gasteiger partial charge in [-0.05, 0) is 48.9 Å². The summed E-state index contributed by atoms with van der Waals surface area (Å²) in [7, 11) is -2.47. The van der Waals surface area contributed by atoms with Gasteiger partial charge in [-0.2, -0.15) is 5.10 Å². The first-order chi connectivity index (χ1) is 15.7. The van der Waals surface area contributed by atoms with Crippen LogP contribution < -0.4 is 15.6 Å². The van der Waals surface area contributed by atoms with Gasteiger partial charge in [0.05, 0.1) is 16.0 Å². The van der Waals surface area contributed by atoms with Crippen LogP contribution in [0.25, 0.3) is 10.8 Å². The molecule has 0 aliphatic heterocycles. The van der Waals surface area contributed by atoms with Gasteiger partial charge in [-0.1, -0.05) is 41.9 Å². The first kappa shape index (κ1) is 22.5. The van der Waals surface area contributed by atoms with Crippen molar-refractivity contribution in [3.05, 3.63) is 93.4 Å². The third kappa shape index (κ3) is 4.59. The maximum absolute atomic E-state index is 13.1. The lowest BCUT2D eigenvalue weighted by Gasteiger charge is -2.13. The van der Waals surface area contributed by atoms with Crippen molar-refractivity contribution in [3.63, 3.8) is 0 Å². The Balaban J connectivity index is 1.68. The molecule has 4 aromatic rings. The van der Waals surface area contributed by atoms with Crippen LogP contribution in [0.3, 0.4) is 0 Å². The molecular weight excluding hydrogens is 464 g/mol. The van der Waals surface area contributed by atoms with Crippen molar-refractivity contribution < 1.29 is 13.2 Å². The Labute approximate surface area is 194 Å². The van der Waals surface area contributed by atoms with Gasteiger partial charge in [0.2, 0.25) is 0 Å². The fraction of sp³-hybridized carbons (Fsp3) is 0.0870. The van der Waals surface area contributed by atoms with E-state index >= 15 is 0 Å². The molecule has 8 nitrogen and oxygen atoms in total. The van der Waals surface area contributed by atoms with Crippen LogP contribution in [-0.2, 0) is 17.1 Å². The minimum Gasteiger partial charge on any atom is -0.320 e. The number of hydrogen-bond acceptors (Lipinski definition) is 5. The summed E-state index contributed by atoms with van der Waals surface area (Å²) in [6.45, 7) is 1.74. The molecule has 0 spiro atoms. The van der Waals surface area contributed by atoms with Crippen molar-refractivity contribution in [2.45, 2.75) is 11.8 Å². The Kier molecular flexibility index (Phi) is 5.92. The predicted octanol–water partition coefficient (Wildman–Crippen LogP) is 3.95. The predicted molar refractivity (Wildman–Crippen MR) is 128 cm³/mol. The van der Waals surface area contributed by atoms with Crippen molar-refractivity contribution in [1.82, 2.24) is 9.78 Å². The second-order valence-electron chi connectivity index (χ2n) is 7.37. The van der Waals surface area contributed by atoms with E-state index in [-0.39, 0.29) is 16.1 Å². The van der Waals surface area contributed by atoms with Gasteiger partial charge in [-0.25, -0.2) is 13.1 Å². The van der Waals surface area contributed by atoms with Crippen LogP contribution in [0.5, 0.6) is 0 Å². The highest BCUT2D eigenvalue weighted by atomic mass is 35.5. The van der Waals surface area contributed by atoms with E-state index in [2.05, 4.69) is 15.1 Å². The molecule has 0 atom stereocenters. The molecule has 1 aromatic heterocycles. The molecule has 168 valence electrons. The van der Waals surface area contributed by atoms with Gasteiger partial charge in [0.1, 0.15) is 0 Å². The lowest BCUT2D eigenvalue weighted by Crippen LogP contribution is -2.25. The molecule has 0 aliphatic carbocycles. The van der Waals surface area contributed by atoms with E-state index in [1.165, 1.54) is 25.2 Å². The van der Waals surface area contributed by atoms with Crippen molar-refractivity contribution in [2.75, 3.05) is 10.0 Å². The zero-order valence-electron chi connectivity index (χ0n) is 17.7. The van der Waals surface area contributed by atoms with E-state index in [4.69, 9.17) is 11.6 Å². The SMILES string of the molecule is Cc1ccc(S(=O)(=O)Nc2cccc(Cl)c2)cc1NC(=O)c1nn(C)c(=O)c2ccccc12. The molecule has 0 bridgehead atoms. The van der Waals surface area contributed by atoms with Gasteiger partial charge in [0.15, 0.2) is 5.69 Å². The second-order valence-corrected chi connectivity index (χ2v) is 9.49. The molecule has 1 amide bonds. The number of nitrogens with zero attached hydrogens (tertiary/aromatic N) is 2. The first-order valence-corrected chi connectivity index (χ1v) is 11.7. The number of fused-ring (bicyclic) bond motifs is 1. The number of halogens is 1. The number of benzene rings is 3. The van der Waals surface area contributed by atoms with Crippen LogP contribution in [0.15, 0.2) is 76.4 Å². The number of aromatic nitrogens is 2. The molecule has 3 aromatic carbocycles. The second kappa shape index (κ2) is 8.68. The summed E-state index contributed by atoms with van der Waals surface area (Å²) in [6.07, 6.45) is 0. The smallest absolute Gasteiger partial charge is 0.276 e. The number of rotatable bonds is 5. The summed E-state index contributed by atoms with van der Waals surface area (Å²) < 4.78 is 29.3. The third-order valence-electron chi connectivity index (χ3n) is 5.02. The Morgan fingerprint density at radius 2 is 1.73 bits per heavy atom. The highest BCUT2D eigenvalue weighted by Gasteiger charge is 2.19. The minimum atomic E-state index is -3.94. The fourth-order valence-corrected chi connectivity index (χ4v) is 4.58. The molecule has 0 aliphatic rings. The van der Waals surface area contributed by atoms with Gasteiger partial charge in [0, 0.05) is 23.1 Å². The van der Waals surface area contributed by atoms with E-state index in [9.17, 15) is 18.0 Å². The average Bonchev–Trinajstić information content (AvgIpc) is 2.77. The van der Waals surface area contributed by atoms with E-state index in [0.29, 0.717) is 32.7 Å². The van der Waals surface area contributed by atoms with E-state index in [1.54, 1.807) is 55.5 Å². The summed E-state index contributed by atoms with van der Waals surface area (Å²) in [5.74, 6) is -0.567. The number of aryl methyl sites for hydroxylation is 2. The van der Waals surface area contributed by atoms with Crippen molar-refractivity contribution in [1.29, 1.82) is 0 Å². The molecule has 2 N–H and O–H groups in total. The number of nitrogens with one attached hydrogen (secondary N) is 2. The zero-order valence-corrected chi connectivity index (χ0v) is 19.2. The van der Waals surface area contributed by atoms with Gasteiger partial charge >= 0.3 is 0 Å². The normalized spacial score (nSPS) is 11.4. The van der Waals surface area contributed by atoms with Crippen LogP contribution in [0.4, 0.5) is 11.4 Å². The summed E-state index contributed by atoms with van der Waals surface area (Å²) in [4.78, 5) is 25.4. The van der Waals surface area contributed by atoms with Crippen LogP contribution in [0.1, 0.15) is 16.1 Å². The highest BCUT2D eigenvalue weighted by Crippen LogP contribution is 2.24. The number of carbonyl (C=O) groups excluding carboxylic acids is 1. The Morgan fingerprint density at radius 1 is 1.00 bits per heavy atom. The van der Waals surface area contributed by atoms with Gasteiger partial charge < -0.3 is 5.32 Å². The molecule has 0 radical (unpaired) electrons. The molecule has 0 saturated carbocycles. The quantitative estimate of drug-likeness (QED) is 0.447. The number of carbonyl (C=O) groups is 1. The maximum Gasteiger partial charge on any atom is 0.276 e. The lowest BCUT2D eigenvalue weighted by molar-refractivity contribution is 0.102. The van der Waals surface area contributed by atoms with Crippen molar-refractivity contribution in [2.24, 2.45) is 7.05 Å². The maximum atomic E-state index is 13.1. The van der Waals surface area contributed by atoms with Crippen LogP contribution >= 0.6 is 11.6 Å². The number of hydrogen-bond donors (Lipinski definition) is 2. The monoisotopic (exact) mass is 482 g/mol. The van der Waals surface area contributed by atoms with Crippen molar-refractivity contribution in [3.8, 4) is 0 Å². The van der Waals surface area contributed by atoms with Crippen molar-refractivity contribution >= 4 is 49.7 Å². The van der Waals surface area contributed by atoms with E-state index in [1.807, 2.05) is 0 Å². The Morgan fingerprint density at radius 3 is 2.45 bits per heavy atom. The molecule has 10 heteroatoms. The highest BCUT2D eigenvalue weighted by molar-refractivity contribution is 7.92. The molecule has 0 fully saturated rings. The van der Waals surface area contributed by atoms with Gasteiger partial charge in [0.25, 0.3) is 21.5 Å². The molecule has 4 rings (SSSR count). The summed E-state index contributed by atoms with van der Waals surface area (Å²) >= 11 is 5.93. The van der Waals surface area contributed by atoms with E-state index in [0.717, 1.165) is 4.68 Å². The number of anilines is 2. The summed E-state index contributed by atoms with van der Waals surface area (Å²) in [5, 5.41) is 7.99. The molecule has 33 heavy (non-hydrogen) atoms. The van der Waals surface area contributed by atoms with Gasteiger partial charge in [-0.15, -0.1) is 0 Å². The minimum absolute atomic E-state index is 0.0401. The lowest BCUT2D eigenvalue weighted by atomic mass is 10.1. The summed E-state index contributed by atoms with van der Waals surface area (Å²) in [5.41, 5.74) is 0.998. The third-order valence-corrected chi connectivity index (χ3v) is 6.63. The van der Waals surface area contributed by atoms with Crippen LogP contribution in [0.2, 0.25) is 5.02 Å². The molecular formula is C23H19ClN4O4S. The molecule has 0 unspecified atom stereocenters. The Bertz CT molecular complexity index is 1560. The van der Waals surface area contributed by atoms with Crippen LogP contribution in [0, 0.1) is 6.92 Å². The number of amides is 1. The average molecular weight is 483 g/mol. The standard InChI is InChI=1S/C23H19ClN4O4S/c1-14-10-11-17(33(31,32)27-16-7-5-6-15(24)12-16)13-20(14)25-22(29)21-18-8-3-4-9-19(18)23(30)28(2)26-21/h3-13,27H,1-2H3,(H,25,29).